The van der Waals surface area contributed by atoms with E-state index in [0.29, 0.717) is 29.4 Å². The molecule has 0 aliphatic rings. The number of nitrogens with one attached hydrogen (secondary N) is 1. The van der Waals surface area contributed by atoms with Gasteiger partial charge in [-0.3, -0.25) is 4.79 Å². The molecule has 0 saturated heterocycles. The Labute approximate surface area is 174 Å². The molecule has 30 heavy (non-hydrogen) atoms. The van der Waals surface area contributed by atoms with Crippen molar-refractivity contribution >= 4 is 12.1 Å². The third-order valence-electron chi connectivity index (χ3n) is 4.07. The molecule has 1 heterocycles. The maximum absolute atomic E-state index is 12.4. The quantitative estimate of drug-likeness (QED) is 0.455. The van der Waals surface area contributed by atoms with Crippen molar-refractivity contribution in [3.63, 3.8) is 0 Å². The van der Waals surface area contributed by atoms with E-state index in [-0.39, 0.29) is 5.82 Å². The molecule has 0 radical (unpaired) electrons. The van der Waals surface area contributed by atoms with Gasteiger partial charge in [0.05, 0.1) is 32.7 Å². The van der Waals surface area contributed by atoms with Crippen molar-refractivity contribution in [2.45, 2.75) is 6.92 Å². The van der Waals surface area contributed by atoms with Crippen LogP contribution < -0.4 is 19.6 Å². The van der Waals surface area contributed by atoms with E-state index in [1.165, 1.54) is 12.4 Å². The van der Waals surface area contributed by atoms with Crippen molar-refractivity contribution in [3.8, 4) is 28.5 Å². The first-order valence-corrected chi connectivity index (χ1v) is 9.25. The van der Waals surface area contributed by atoms with Gasteiger partial charge in [-0.05, 0) is 49.4 Å². The highest BCUT2D eigenvalue weighted by Crippen LogP contribution is 2.22. The van der Waals surface area contributed by atoms with Crippen LogP contribution in [-0.4, -0.2) is 42.9 Å². The summed E-state index contributed by atoms with van der Waals surface area (Å²) in [6.07, 6.45) is 3.02. The number of hydrazone groups is 1. The molecule has 2 aromatic carbocycles. The van der Waals surface area contributed by atoms with Crippen molar-refractivity contribution in [1.29, 1.82) is 0 Å². The molecule has 1 N–H and O–H groups in total. The van der Waals surface area contributed by atoms with Crippen LogP contribution in [0, 0.1) is 0 Å². The second kappa shape index (κ2) is 10.0. The van der Waals surface area contributed by atoms with Crippen molar-refractivity contribution in [2.24, 2.45) is 5.10 Å². The molecule has 1 amide bonds. The van der Waals surface area contributed by atoms with Crippen LogP contribution >= 0.6 is 0 Å². The summed E-state index contributed by atoms with van der Waals surface area (Å²) in [7, 11) is 3.12. The third kappa shape index (κ3) is 5.32. The summed E-state index contributed by atoms with van der Waals surface area (Å²) in [6.45, 7) is 2.52. The van der Waals surface area contributed by atoms with Crippen LogP contribution in [0.2, 0.25) is 0 Å². The third-order valence-corrected chi connectivity index (χ3v) is 4.07. The van der Waals surface area contributed by atoms with E-state index in [4.69, 9.17) is 14.2 Å². The molecular weight excluding hydrogens is 384 g/mol. The molecule has 3 rings (SSSR count). The number of benzene rings is 2. The van der Waals surface area contributed by atoms with Gasteiger partial charge in [-0.1, -0.05) is 0 Å². The van der Waals surface area contributed by atoms with Gasteiger partial charge in [0, 0.05) is 23.4 Å². The van der Waals surface area contributed by atoms with Crippen molar-refractivity contribution in [3.05, 3.63) is 66.1 Å². The molecule has 0 atom stereocenters. The monoisotopic (exact) mass is 406 g/mol. The van der Waals surface area contributed by atoms with Crippen LogP contribution in [0.4, 0.5) is 0 Å². The summed E-state index contributed by atoms with van der Waals surface area (Å²) in [6, 6.07) is 14.5. The Kier molecular flexibility index (Phi) is 6.94. The molecule has 154 valence electrons. The van der Waals surface area contributed by atoms with Gasteiger partial charge in [0.25, 0.3) is 0 Å². The van der Waals surface area contributed by atoms with E-state index in [9.17, 15) is 4.79 Å². The van der Waals surface area contributed by atoms with Crippen LogP contribution in [0.1, 0.15) is 23.1 Å². The number of carbonyl (C=O) groups is 1. The summed E-state index contributed by atoms with van der Waals surface area (Å²) < 4.78 is 15.9. The smallest absolute Gasteiger partial charge is 0.309 e. The number of amides is 1. The van der Waals surface area contributed by atoms with Crippen molar-refractivity contribution < 1.29 is 19.0 Å². The van der Waals surface area contributed by atoms with E-state index >= 15 is 0 Å². The van der Waals surface area contributed by atoms with Crippen molar-refractivity contribution in [2.75, 3.05) is 20.8 Å². The van der Waals surface area contributed by atoms with Gasteiger partial charge in [0.1, 0.15) is 17.2 Å². The fraction of sp³-hybridized carbons (Fsp3) is 0.182. The van der Waals surface area contributed by atoms with E-state index in [0.717, 1.165) is 11.3 Å². The normalized spacial score (nSPS) is 10.6. The maximum Gasteiger partial charge on any atom is 0.309 e. The highest BCUT2D eigenvalue weighted by atomic mass is 16.5. The fourth-order valence-electron chi connectivity index (χ4n) is 2.64. The van der Waals surface area contributed by atoms with Crippen LogP contribution in [0.5, 0.6) is 17.2 Å². The molecule has 0 fully saturated rings. The maximum atomic E-state index is 12.4. The summed E-state index contributed by atoms with van der Waals surface area (Å²) >= 11 is 0. The molecule has 1 aromatic heterocycles. The minimum Gasteiger partial charge on any atom is -0.497 e. The highest BCUT2D eigenvalue weighted by Gasteiger charge is 2.10. The Bertz CT molecular complexity index is 1010. The van der Waals surface area contributed by atoms with E-state index < -0.39 is 5.91 Å². The first kappa shape index (κ1) is 20.8. The predicted molar refractivity (Wildman–Crippen MR) is 113 cm³/mol. The van der Waals surface area contributed by atoms with Gasteiger partial charge in [0.15, 0.2) is 0 Å². The standard InChI is InChI=1S/C22H22N4O4/c1-4-30-17-7-5-16(6-8-17)20-9-10-23-21(25-20)22(27)26-24-14-15-11-18(28-2)13-19(12-15)29-3/h5-14H,4H2,1-3H3,(H,26,27). The number of ether oxygens (including phenoxy) is 3. The van der Waals surface area contributed by atoms with Gasteiger partial charge >= 0.3 is 5.91 Å². The number of methoxy groups -OCH3 is 2. The van der Waals surface area contributed by atoms with Gasteiger partial charge in [-0.2, -0.15) is 5.10 Å². The van der Waals surface area contributed by atoms with Crippen LogP contribution in [0.15, 0.2) is 59.8 Å². The molecule has 0 spiro atoms. The topological polar surface area (TPSA) is 94.9 Å². The van der Waals surface area contributed by atoms with Crippen molar-refractivity contribution in [1.82, 2.24) is 15.4 Å². The number of hydrogen-bond acceptors (Lipinski definition) is 7. The largest absolute Gasteiger partial charge is 0.497 e. The number of aromatic nitrogens is 2. The predicted octanol–water partition coefficient (Wildman–Crippen LogP) is 3.32. The molecule has 0 aliphatic heterocycles. The minimum absolute atomic E-state index is 0.0155. The zero-order valence-corrected chi connectivity index (χ0v) is 17.0. The minimum atomic E-state index is -0.520. The number of rotatable bonds is 8. The first-order chi connectivity index (χ1) is 14.6. The summed E-state index contributed by atoms with van der Waals surface area (Å²) in [5.74, 6) is 1.51. The Hall–Kier alpha value is -3.94. The summed E-state index contributed by atoms with van der Waals surface area (Å²) in [5, 5.41) is 3.97. The number of carbonyl (C=O) groups excluding carboxylic acids is 1. The summed E-state index contributed by atoms with van der Waals surface area (Å²) in [5.41, 5.74) is 4.61. The lowest BCUT2D eigenvalue weighted by atomic mass is 10.1. The van der Waals surface area contributed by atoms with Gasteiger partial charge < -0.3 is 14.2 Å². The Balaban J connectivity index is 1.70. The van der Waals surface area contributed by atoms with Gasteiger partial charge in [-0.15, -0.1) is 0 Å². The molecule has 0 aliphatic carbocycles. The summed E-state index contributed by atoms with van der Waals surface area (Å²) in [4.78, 5) is 20.7. The number of hydrogen-bond donors (Lipinski definition) is 1. The molecular formula is C22H22N4O4. The molecule has 0 bridgehead atoms. The molecule has 0 unspecified atom stereocenters. The lowest BCUT2D eigenvalue weighted by Crippen LogP contribution is -2.20. The second-order valence-electron chi connectivity index (χ2n) is 6.07. The van der Waals surface area contributed by atoms with Crippen LogP contribution in [0.25, 0.3) is 11.3 Å². The Morgan fingerprint density at radius 1 is 1.03 bits per heavy atom. The second-order valence-corrected chi connectivity index (χ2v) is 6.07. The van der Waals surface area contributed by atoms with Crippen LogP contribution in [-0.2, 0) is 0 Å². The molecule has 8 heteroatoms. The SMILES string of the molecule is CCOc1ccc(-c2ccnc(C(=O)NN=Cc3cc(OC)cc(OC)c3)n2)cc1. The molecule has 8 nitrogen and oxygen atoms in total. The average molecular weight is 406 g/mol. The Morgan fingerprint density at radius 2 is 1.73 bits per heavy atom. The number of nitrogens with zero attached hydrogens (tertiary/aromatic N) is 3. The molecule has 3 aromatic rings. The lowest BCUT2D eigenvalue weighted by Gasteiger charge is -2.06. The average Bonchev–Trinajstić information content (AvgIpc) is 2.79. The zero-order chi connectivity index (χ0) is 21.3. The zero-order valence-electron chi connectivity index (χ0n) is 17.0. The lowest BCUT2D eigenvalue weighted by molar-refractivity contribution is 0.0945. The Morgan fingerprint density at radius 3 is 2.37 bits per heavy atom. The van der Waals surface area contributed by atoms with E-state index in [1.54, 1.807) is 38.5 Å². The van der Waals surface area contributed by atoms with Crippen LogP contribution in [0.3, 0.4) is 0 Å². The van der Waals surface area contributed by atoms with E-state index in [2.05, 4.69) is 20.5 Å². The van der Waals surface area contributed by atoms with Gasteiger partial charge in [-0.25, -0.2) is 15.4 Å². The van der Waals surface area contributed by atoms with E-state index in [1.807, 2.05) is 31.2 Å². The highest BCUT2D eigenvalue weighted by molar-refractivity contribution is 5.92. The van der Waals surface area contributed by atoms with Gasteiger partial charge in [0.2, 0.25) is 5.82 Å². The fourth-order valence-corrected chi connectivity index (χ4v) is 2.64. The first-order valence-electron chi connectivity index (χ1n) is 9.25. The molecule has 0 saturated carbocycles.